The highest BCUT2D eigenvalue weighted by atomic mass is 16.5. The van der Waals surface area contributed by atoms with Crippen molar-refractivity contribution in [2.24, 2.45) is 0 Å². The Morgan fingerprint density at radius 1 is 1.45 bits per heavy atom. The number of nitrogens with one attached hydrogen (secondary N) is 2. The summed E-state index contributed by atoms with van der Waals surface area (Å²) in [6.45, 7) is 1.29. The summed E-state index contributed by atoms with van der Waals surface area (Å²) in [4.78, 5) is 11.4. The van der Waals surface area contributed by atoms with Gasteiger partial charge in [-0.3, -0.25) is 4.79 Å². The molecule has 0 aromatic heterocycles. The molecule has 1 aromatic carbocycles. The summed E-state index contributed by atoms with van der Waals surface area (Å²) < 4.78 is 5.21. The fourth-order valence-corrected chi connectivity index (χ4v) is 2.60. The van der Waals surface area contributed by atoms with Gasteiger partial charge in [-0.25, -0.2) is 0 Å². The number of hydrogen-bond acceptors (Lipinski definition) is 5. The van der Waals surface area contributed by atoms with Crippen molar-refractivity contribution in [2.45, 2.75) is 24.9 Å². The first-order chi connectivity index (χ1) is 9.56. The highest BCUT2D eigenvalue weighted by molar-refractivity contribution is 5.95. The third-order valence-corrected chi connectivity index (χ3v) is 3.86. The lowest BCUT2D eigenvalue weighted by Gasteiger charge is -2.24. The van der Waals surface area contributed by atoms with Crippen molar-refractivity contribution in [3.63, 3.8) is 0 Å². The maximum atomic E-state index is 11.4. The van der Waals surface area contributed by atoms with Crippen molar-refractivity contribution in [1.29, 1.82) is 0 Å². The highest BCUT2D eigenvalue weighted by Crippen LogP contribution is 2.31. The Balaban J connectivity index is 1.76. The first kappa shape index (κ1) is 13.2. The van der Waals surface area contributed by atoms with Crippen LogP contribution in [0.4, 0.5) is 17.1 Å². The fraction of sp³-hybridized carbons (Fsp3) is 0.500. The molecule has 108 valence electrons. The number of nitrogens with two attached hydrogens (primary N) is 1. The predicted molar refractivity (Wildman–Crippen MR) is 76.7 cm³/mol. The molecule has 0 aliphatic carbocycles. The molecule has 1 atom stereocenters. The van der Waals surface area contributed by atoms with Gasteiger partial charge in [-0.1, -0.05) is 0 Å². The van der Waals surface area contributed by atoms with Crippen LogP contribution in [-0.2, 0) is 16.0 Å². The smallest absolute Gasteiger partial charge is 0.224 e. The van der Waals surface area contributed by atoms with Crippen LogP contribution in [-0.4, -0.2) is 36.4 Å². The molecule has 6 heteroatoms. The second-order valence-electron chi connectivity index (χ2n) is 5.53. The van der Waals surface area contributed by atoms with E-state index in [4.69, 9.17) is 10.5 Å². The van der Waals surface area contributed by atoms with E-state index < -0.39 is 5.60 Å². The maximum Gasteiger partial charge on any atom is 0.224 e. The maximum absolute atomic E-state index is 11.4. The fourth-order valence-electron chi connectivity index (χ4n) is 2.60. The highest BCUT2D eigenvalue weighted by Gasteiger charge is 2.32. The number of nitrogen functional groups attached to an aromatic ring is 1. The molecule has 5 N–H and O–H groups in total. The molecule has 0 saturated carbocycles. The molecule has 2 aliphatic rings. The average Bonchev–Trinajstić information content (AvgIpc) is 2.84. The quantitative estimate of drug-likeness (QED) is 0.610. The molecule has 1 aromatic rings. The zero-order valence-corrected chi connectivity index (χ0v) is 11.2. The van der Waals surface area contributed by atoms with Crippen LogP contribution in [0, 0.1) is 0 Å². The summed E-state index contributed by atoms with van der Waals surface area (Å²) in [5.74, 6) is 0.0241. The zero-order valence-electron chi connectivity index (χ0n) is 11.2. The molecule has 20 heavy (non-hydrogen) atoms. The van der Waals surface area contributed by atoms with Gasteiger partial charge in [-0.15, -0.1) is 0 Å². The van der Waals surface area contributed by atoms with E-state index in [9.17, 15) is 9.90 Å². The van der Waals surface area contributed by atoms with Crippen molar-refractivity contribution in [2.75, 3.05) is 36.1 Å². The third kappa shape index (κ3) is 2.57. The van der Waals surface area contributed by atoms with Crippen LogP contribution in [0.25, 0.3) is 0 Å². The van der Waals surface area contributed by atoms with E-state index in [1.54, 1.807) is 0 Å². The summed E-state index contributed by atoms with van der Waals surface area (Å²) >= 11 is 0. The number of anilines is 3. The summed E-state index contributed by atoms with van der Waals surface area (Å²) in [6, 6.07) is 3.72. The topological polar surface area (TPSA) is 96.6 Å². The van der Waals surface area contributed by atoms with Gasteiger partial charge in [-0.05, 0) is 24.1 Å². The van der Waals surface area contributed by atoms with E-state index in [0.717, 1.165) is 16.9 Å². The minimum Gasteiger partial charge on any atom is -0.397 e. The summed E-state index contributed by atoms with van der Waals surface area (Å²) in [6.07, 6.45) is 1.82. The number of benzene rings is 1. The van der Waals surface area contributed by atoms with E-state index in [2.05, 4.69) is 10.6 Å². The molecular formula is C14H19N3O3. The minimum atomic E-state index is -0.842. The second-order valence-corrected chi connectivity index (χ2v) is 5.53. The monoisotopic (exact) mass is 277 g/mol. The molecule has 2 aliphatic heterocycles. The van der Waals surface area contributed by atoms with Crippen molar-refractivity contribution in [3.8, 4) is 0 Å². The Labute approximate surface area is 117 Å². The first-order valence-electron chi connectivity index (χ1n) is 6.82. The van der Waals surface area contributed by atoms with Gasteiger partial charge in [0.2, 0.25) is 5.91 Å². The molecule has 1 fully saturated rings. The average molecular weight is 277 g/mol. The van der Waals surface area contributed by atoms with Crippen LogP contribution < -0.4 is 16.4 Å². The summed E-state index contributed by atoms with van der Waals surface area (Å²) in [5, 5.41) is 16.2. The van der Waals surface area contributed by atoms with Crippen molar-refractivity contribution in [1.82, 2.24) is 0 Å². The normalized spacial score (nSPS) is 25.1. The van der Waals surface area contributed by atoms with Crippen molar-refractivity contribution in [3.05, 3.63) is 17.7 Å². The summed E-state index contributed by atoms with van der Waals surface area (Å²) in [7, 11) is 0. The number of aliphatic hydroxyl groups is 1. The number of aryl methyl sites for hydroxylation is 1. The van der Waals surface area contributed by atoms with Crippen LogP contribution in [0.15, 0.2) is 12.1 Å². The molecule has 3 rings (SSSR count). The molecule has 2 heterocycles. The number of amides is 1. The van der Waals surface area contributed by atoms with Crippen molar-refractivity contribution >= 4 is 23.0 Å². The Hall–Kier alpha value is -1.79. The zero-order chi connectivity index (χ0) is 14.2. The van der Waals surface area contributed by atoms with E-state index in [1.165, 1.54) is 0 Å². The Morgan fingerprint density at radius 2 is 2.30 bits per heavy atom. The van der Waals surface area contributed by atoms with Crippen LogP contribution >= 0.6 is 0 Å². The van der Waals surface area contributed by atoms with Crippen LogP contribution in [0.3, 0.4) is 0 Å². The second kappa shape index (κ2) is 4.96. The first-order valence-corrected chi connectivity index (χ1v) is 6.82. The lowest BCUT2D eigenvalue weighted by atomic mass is 10.0. The molecule has 1 amide bonds. The summed E-state index contributed by atoms with van der Waals surface area (Å²) in [5.41, 5.74) is 8.38. The van der Waals surface area contributed by atoms with Gasteiger partial charge in [0.05, 0.1) is 18.0 Å². The third-order valence-electron chi connectivity index (χ3n) is 3.86. The molecule has 0 spiro atoms. The number of ether oxygens (including phenoxy) is 1. The number of carbonyl (C=O) groups excluding carboxylic acids is 1. The lowest BCUT2D eigenvalue weighted by molar-refractivity contribution is -0.116. The minimum absolute atomic E-state index is 0.0241. The number of fused-ring (bicyclic) bond motifs is 1. The molecule has 1 unspecified atom stereocenters. The Bertz CT molecular complexity index is 539. The Morgan fingerprint density at radius 3 is 3.05 bits per heavy atom. The van der Waals surface area contributed by atoms with Crippen LogP contribution in [0.2, 0.25) is 0 Å². The molecule has 0 radical (unpaired) electrons. The number of hydrogen-bond donors (Lipinski definition) is 4. The SMILES string of the molecule is Nc1cc2c(cc1NCC1(O)CCOC1)NC(=O)CC2. The predicted octanol–water partition coefficient (Wildman–Crippen LogP) is 0.717. The lowest BCUT2D eigenvalue weighted by Crippen LogP contribution is -2.37. The molecule has 0 bridgehead atoms. The molecule has 1 saturated heterocycles. The standard InChI is InChI=1S/C14H19N3O3/c15-10-5-9-1-2-13(18)17-11(9)6-12(10)16-7-14(19)3-4-20-8-14/h5-6,16,19H,1-4,7-8,15H2,(H,17,18). The Kier molecular flexibility index (Phi) is 3.27. The number of rotatable bonds is 3. The number of carbonyl (C=O) groups is 1. The van der Waals surface area contributed by atoms with Gasteiger partial charge in [0.1, 0.15) is 5.60 Å². The van der Waals surface area contributed by atoms with Gasteiger partial charge < -0.3 is 26.2 Å². The van der Waals surface area contributed by atoms with Gasteiger partial charge in [0.25, 0.3) is 0 Å². The largest absolute Gasteiger partial charge is 0.397 e. The van der Waals surface area contributed by atoms with E-state index in [0.29, 0.717) is 44.7 Å². The van der Waals surface area contributed by atoms with Gasteiger partial charge in [0, 0.05) is 31.7 Å². The molecule has 6 nitrogen and oxygen atoms in total. The van der Waals surface area contributed by atoms with Crippen LogP contribution in [0.1, 0.15) is 18.4 Å². The molecular weight excluding hydrogens is 258 g/mol. The van der Waals surface area contributed by atoms with Crippen molar-refractivity contribution < 1.29 is 14.6 Å². The van der Waals surface area contributed by atoms with Gasteiger partial charge in [-0.2, -0.15) is 0 Å². The van der Waals surface area contributed by atoms with E-state index in [1.807, 2.05) is 12.1 Å². The van der Waals surface area contributed by atoms with E-state index >= 15 is 0 Å². The van der Waals surface area contributed by atoms with Gasteiger partial charge >= 0.3 is 0 Å². The van der Waals surface area contributed by atoms with Gasteiger partial charge in [0.15, 0.2) is 0 Å². The van der Waals surface area contributed by atoms with E-state index in [-0.39, 0.29) is 5.91 Å². The van der Waals surface area contributed by atoms with Crippen LogP contribution in [0.5, 0.6) is 0 Å².